The maximum absolute atomic E-state index is 5.82. The van der Waals surface area contributed by atoms with Crippen LogP contribution in [0.1, 0.15) is 39.0 Å². The summed E-state index contributed by atoms with van der Waals surface area (Å²) in [4.78, 5) is 0. The fraction of sp³-hybridized carbons (Fsp3) is 0.474. The van der Waals surface area contributed by atoms with Gasteiger partial charge in [-0.2, -0.15) is 0 Å². The van der Waals surface area contributed by atoms with Crippen LogP contribution in [0.4, 0.5) is 0 Å². The molecule has 0 amide bonds. The molecule has 2 nitrogen and oxygen atoms in total. The van der Waals surface area contributed by atoms with Gasteiger partial charge in [0.15, 0.2) is 0 Å². The third-order valence-electron chi connectivity index (χ3n) is 3.60. The van der Waals surface area contributed by atoms with Crippen LogP contribution in [-0.4, -0.2) is 18.5 Å². The Morgan fingerprint density at radius 2 is 1.36 bits per heavy atom. The molecule has 3 heteroatoms. The van der Waals surface area contributed by atoms with Crippen molar-refractivity contribution >= 4 is 26.7 Å². The first-order valence-electron chi connectivity index (χ1n) is 8.19. The summed E-state index contributed by atoms with van der Waals surface area (Å²) in [5.74, 6) is 1.90. The fourth-order valence-electron chi connectivity index (χ4n) is 2.28. The van der Waals surface area contributed by atoms with E-state index in [9.17, 15) is 0 Å². The van der Waals surface area contributed by atoms with Crippen LogP contribution in [0.2, 0.25) is 0 Å². The molecule has 120 valence electrons. The predicted molar refractivity (Wildman–Crippen MR) is 97.5 cm³/mol. The van der Waals surface area contributed by atoms with E-state index in [1.165, 1.54) is 23.6 Å². The molecular weight excluding hydrogens is 340 g/mol. The molecule has 2 aromatic rings. The maximum Gasteiger partial charge on any atom is 0.119 e. The monoisotopic (exact) mass is 364 g/mol. The lowest BCUT2D eigenvalue weighted by molar-refractivity contribution is 0.306. The summed E-state index contributed by atoms with van der Waals surface area (Å²) in [6.07, 6.45) is 5.77. The number of fused-ring (bicyclic) bond motifs is 1. The van der Waals surface area contributed by atoms with Gasteiger partial charge < -0.3 is 9.47 Å². The van der Waals surface area contributed by atoms with Gasteiger partial charge in [-0.05, 0) is 60.7 Å². The van der Waals surface area contributed by atoms with Gasteiger partial charge in [0.2, 0.25) is 0 Å². The minimum absolute atomic E-state index is 0.788. The summed E-state index contributed by atoms with van der Waals surface area (Å²) < 4.78 is 11.6. The van der Waals surface area contributed by atoms with Crippen LogP contribution >= 0.6 is 15.9 Å². The van der Waals surface area contributed by atoms with Gasteiger partial charge in [-0.15, -0.1) is 0 Å². The molecule has 2 aromatic carbocycles. The van der Waals surface area contributed by atoms with Crippen molar-refractivity contribution in [3.8, 4) is 11.5 Å². The van der Waals surface area contributed by atoms with Crippen LogP contribution in [0, 0.1) is 0 Å². The maximum atomic E-state index is 5.82. The number of hydrogen-bond donors (Lipinski definition) is 0. The summed E-state index contributed by atoms with van der Waals surface area (Å²) in [7, 11) is 0. The molecule has 0 aliphatic heterocycles. The molecule has 0 aliphatic rings. The van der Waals surface area contributed by atoms with Gasteiger partial charge >= 0.3 is 0 Å². The molecule has 0 radical (unpaired) electrons. The number of rotatable bonds is 10. The summed E-state index contributed by atoms with van der Waals surface area (Å²) in [6.45, 7) is 3.75. The Labute approximate surface area is 141 Å². The first-order chi connectivity index (χ1) is 10.8. The number of halogens is 1. The van der Waals surface area contributed by atoms with Gasteiger partial charge in [0, 0.05) is 5.33 Å². The number of unbranched alkanes of at least 4 members (excludes halogenated alkanes) is 3. The second kappa shape index (κ2) is 9.73. The molecule has 0 atom stereocenters. The lowest BCUT2D eigenvalue weighted by Gasteiger charge is -2.09. The number of alkyl halides is 1. The molecule has 0 N–H and O–H groups in total. The fourth-order valence-corrected chi connectivity index (χ4v) is 2.68. The minimum atomic E-state index is 0.788. The van der Waals surface area contributed by atoms with E-state index in [0.29, 0.717) is 0 Å². The van der Waals surface area contributed by atoms with Gasteiger partial charge in [-0.25, -0.2) is 0 Å². The Bertz CT molecular complexity index is 568. The second-order valence-electron chi connectivity index (χ2n) is 5.47. The Kier molecular flexibility index (Phi) is 7.58. The molecule has 0 aliphatic carbocycles. The van der Waals surface area contributed by atoms with Crippen molar-refractivity contribution < 1.29 is 9.47 Å². The van der Waals surface area contributed by atoms with Crippen LogP contribution in [0.15, 0.2) is 36.4 Å². The first-order valence-corrected chi connectivity index (χ1v) is 9.31. The molecule has 0 heterocycles. The molecule has 0 unspecified atom stereocenters. The Hall–Kier alpha value is -1.22. The predicted octanol–water partition coefficient (Wildman–Crippen LogP) is 5.96. The van der Waals surface area contributed by atoms with E-state index >= 15 is 0 Å². The van der Waals surface area contributed by atoms with E-state index in [-0.39, 0.29) is 0 Å². The largest absolute Gasteiger partial charge is 0.494 e. The summed E-state index contributed by atoms with van der Waals surface area (Å²) in [5.41, 5.74) is 0. The van der Waals surface area contributed by atoms with Crippen molar-refractivity contribution in [1.29, 1.82) is 0 Å². The van der Waals surface area contributed by atoms with Gasteiger partial charge in [0.25, 0.3) is 0 Å². The van der Waals surface area contributed by atoms with Crippen molar-refractivity contribution in [3.05, 3.63) is 36.4 Å². The van der Waals surface area contributed by atoms with Crippen LogP contribution in [0.3, 0.4) is 0 Å². The van der Waals surface area contributed by atoms with Crippen LogP contribution < -0.4 is 9.47 Å². The van der Waals surface area contributed by atoms with Gasteiger partial charge in [-0.3, -0.25) is 0 Å². The summed E-state index contributed by atoms with van der Waals surface area (Å²) in [5, 5.41) is 3.47. The van der Waals surface area contributed by atoms with Crippen LogP contribution in [0.5, 0.6) is 11.5 Å². The van der Waals surface area contributed by atoms with Crippen LogP contribution in [0.25, 0.3) is 10.8 Å². The Balaban J connectivity index is 1.91. The summed E-state index contributed by atoms with van der Waals surface area (Å²) >= 11 is 3.45. The SMILES string of the molecule is CCCCOc1ccc2cc(OCCCCCBr)ccc2c1. The number of ether oxygens (including phenoxy) is 2. The highest BCUT2D eigenvalue weighted by molar-refractivity contribution is 9.09. The van der Waals surface area contributed by atoms with E-state index in [1.54, 1.807) is 0 Å². The zero-order chi connectivity index (χ0) is 15.6. The van der Waals surface area contributed by atoms with E-state index < -0.39 is 0 Å². The smallest absolute Gasteiger partial charge is 0.119 e. The average molecular weight is 365 g/mol. The lowest BCUT2D eigenvalue weighted by Crippen LogP contribution is -1.98. The van der Waals surface area contributed by atoms with Crippen molar-refractivity contribution in [2.75, 3.05) is 18.5 Å². The topological polar surface area (TPSA) is 18.5 Å². The average Bonchev–Trinajstić information content (AvgIpc) is 2.55. The van der Waals surface area contributed by atoms with Gasteiger partial charge in [-0.1, -0.05) is 41.4 Å². The molecule has 0 aromatic heterocycles. The van der Waals surface area contributed by atoms with Gasteiger partial charge in [0.1, 0.15) is 11.5 Å². The quantitative estimate of drug-likeness (QED) is 0.382. The Morgan fingerprint density at radius 1 is 0.773 bits per heavy atom. The molecule has 0 fully saturated rings. The number of hydrogen-bond acceptors (Lipinski definition) is 2. The van der Waals surface area contributed by atoms with Gasteiger partial charge in [0.05, 0.1) is 13.2 Å². The second-order valence-corrected chi connectivity index (χ2v) is 6.26. The molecule has 2 rings (SSSR count). The molecule has 0 saturated carbocycles. The highest BCUT2D eigenvalue weighted by atomic mass is 79.9. The normalized spacial score (nSPS) is 10.8. The van der Waals surface area contributed by atoms with E-state index in [0.717, 1.165) is 49.3 Å². The Morgan fingerprint density at radius 3 is 1.91 bits per heavy atom. The lowest BCUT2D eigenvalue weighted by atomic mass is 10.1. The molecule has 0 saturated heterocycles. The van der Waals surface area contributed by atoms with E-state index in [1.807, 2.05) is 12.1 Å². The first kappa shape index (κ1) is 17.1. The van der Waals surface area contributed by atoms with Crippen molar-refractivity contribution in [1.82, 2.24) is 0 Å². The van der Waals surface area contributed by atoms with Crippen LogP contribution in [-0.2, 0) is 0 Å². The molecule has 0 bridgehead atoms. The highest BCUT2D eigenvalue weighted by Gasteiger charge is 2.01. The van der Waals surface area contributed by atoms with E-state index in [4.69, 9.17) is 9.47 Å². The number of benzene rings is 2. The highest BCUT2D eigenvalue weighted by Crippen LogP contribution is 2.25. The van der Waals surface area contributed by atoms with Crippen molar-refractivity contribution in [2.24, 2.45) is 0 Å². The van der Waals surface area contributed by atoms with Crippen molar-refractivity contribution in [3.63, 3.8) is 0 Å². The van der Waals surface area contributed by atoms with E-state index in [2.05, 4.69) is 47.1 Å². The zero-order valence-electron chi connectivity index (χ0n) is 13.3. The van der Waals surface area contributed by atoms with Crippen molar-refractivity contribution in [2.45, 2.75) is 39.0 Å². The summed E-state index contributed by atoms with van der Waals surface area (Å²) in [6, 6.07) is 12.5. The third kappa shape index (κ3) is 5.53. The molecule has 22 heavy (non-hydrogen) atoms. The standard InChI is InChI=1S/C19H25BrO2/c1-2-3-12-21-18-9-7-17-15-19(10-8-16(17)14-18)22-13-6-4-5-11-20/h7-10,14-15H,2-6,11-13H2,1H3. The minimum Gasteiger partial charge on any atom is -0.494 e. The third-order valence-corrected chi connectivity index (χ3v) is 4.16. The molecule has 0 spiro atoms. The zero-order valence-corrected chi connectivity index (χ0v) is 14.9. The molecular formula is C19H25BrO2.